The van der Waals surface area contributed by atoms with E-state index < -0.39 is 0 Å². The zero-order valence-corrected chi connectivity index (χ0v) is 8.43. The lowest BCUT2D eigenvalue weighted by molar-refractivity contribution is 0.837. The molecule has 1 saturated carbocycles. The largest absolute Gasteiger partial charge is 0.396 e. The smallest absolute Gasteiger partial charge is 0.0889 e. The van der Waals surface area contributed by atoms with E-state index in [-0.39, 0.29) is 0 Å². The fourth-order valence-electron chi connectivity index (χ4n) is 1.79. The number of aromatic nitrogens is 2. The van der Waals surface area contributed by atoms with Gasteiger partial charge in [-0.15, -0.1) is 0 Å². The lowest BCUT2D eigenvalue weighted by atomic mass is 10.3. The van der Waals surface area contributed by atoms with E-state index in [1.807, 2.05) is 41.2 Å². The third kappa shape index (κ3) is 1.50. The van der Waals surface area contributed by atoms with Gasteiger partial charge in [0.2, 0.25) is 0 Å². The summed E-state index contributed by atoms with van der Waals surface area (Å²) >= 11 is 0. The summed E-state index contributed by atoms with van der Waals surface area (Å²) in [7, 11) is 0. The van der Waals surface area contributed by atoms with E-state index in [1.165, 1.54) is 12.8 Å². The van der Waals surface area contributed by atoms with Crippen molar-refractivity contribution < 1.29 is 0 Å². The maximum atomic E-state index is 5.94. The number of hydrogen-bond donors (Lipinski definition) is 1. The Morgan fingerprint density at radius 1 is 1.20 bits per heavy atom. The second-order valence-electron chi connectivity index (χ2n) is 4.02. The molecule has 2 aromatic rings. The van der Waals surface area contributed by atoms with Gasteiger partial charge < -0.3 is 5.73 Å². The Kier molecular flexibility index (Phi) is 1.78. The van der Waals surface area contributed by atoms with Crippen molar-refractivity contribution in [1.29, 1.82) is 0 Å². The van der Waals surface area contributed by atoms with Gasteiger partial charge in [-0.1, -0.05) is 18.2 Å². The summed E-state index contributed by atoms with van der Waals surface area (Å²) < 4.78 is 1.86. The molecule has 1 aliphatic rings. The molecule has 0 saturated heterocycles. The molecule has 1 aromatic heterocycles. The first-order valence-electron chi connectivity index (χ1n) is 5.25. The second kappa shape index (κ2) is 3.12. The predicted octanol–water partition coefficient (Wildman–Crippen LogP) is 2.33. The third-order valence-electron chi connectivity index (χ3n) is 2.76. The van der Waals surface area contributed by atoms with Crippen molar-refractivity contribution in [3.05, 3.63) is 42.2 Å². The Bertz CT molecular complexity index is 469. The Hall–Kier alpha value is -1.77. The van der Waals surface area contributed by atoms with E-state index in [0.29, 0.717) is 5.92 Å². The van der Waals surface area contributed by atoms with Crippen molar-refractivity contribution in [2.24, 2.45) is 0 Å². The number of hydrogen-bond acceptors (Lipinski definition) is 2. The monoisotopic (exact) mass is 199 g/mol. The standard InChI is InChI=1S/C12H13N3/c13-11-8-15(10-4-2-1-3-5-10)14-12(11)9-6-7-9/h1-5,8-9H,6-7,13H2. The van der Waals surface area contributed by atoms with Crippen LogP contribution in [-0.2, 0) is 0 Å². The van der Waals surface area contributed by atoms with Crippen LogP contribution in [0, 0.1) is 0 Å². The molecule has 0 unspecified atom stereocenters. The maximum absolute atomic E-state index is 5.94. The zero-order valence-electron chi connectivity index (χ0n) is 8.43. The summed E-state index contributed by atoms with van der Waals surface area (Å²) in [6, 6.07) is 10.1. The van der Waals surface area contributed by atoms with Crippen molar-refractivity contribution in [2.45, 2.75) is 18.8 Å². The Morgan fingerprint density at radius 3 is 2.60 bits per heavy atom. The first kappa shape index (κ1) is 8.53. The molecule has 2 N–H and O–H groups in total. The molecule has 0 amide bonds. The molecule has 1 aliphatic carbocycles. The van der Waals surface area contributed by atoms with Crippen LogP contribution in [0.25, 0.3) is 5.69 Å². The molecule has 1 heterocycles. The van der Waals surface area contributed by atoms with E-state index in [4.69, 9.17) is 5.73 Å². The minimum Gasteiger partial charge on any atom is -0.396 e. The minimum atomic E-state index is 0.606. The molecule has 1 aromatic carbocycles. The van der Waals surface area contributed by atoms with Crippen molar-refractivity contribution in [1.82, 2.24) is 9.78 Å². The van der Waals surface area contributed by atoms with Gasteiger partial charge in [-0.2, -0.15) is 5.10 Å². The van der Waals surface area contributed by atoms with Gasteiger partial charge >= 0.3 is 0 Å². The number of benzene rings is 1. The van der Waals surface area contributed by atoms with Crippen LogP contribution in [0.2, 0.25) is 0 Å². The van der Waals surface area contributed by atoms with Crippen LogP contribution in [0.4, 0.5) is 5.69 Å². The summed E-state index contributed by atoms with van der Waals surface area (Å²) in [5, 5.41) is 4.53. The first-order valence-corrected chi connectivity index (χ1v) is 5.25. The van der Waals surface area contributed by atoms with Gasteiger partial charge in [-0.3, -0.25) is 0 Å². The summed E-state index contributed by atoms with van der Waals surface area (Å²) in [6.45, 7) is 0. The van der Waals surface area contributed by atoms with Crippen molar-refractivity contribution >= 4 is 5.69 Å². The molecule has 0 atom stereocenters. The molecule has 3 rings (SSSR count). The zero-order chi connectivity index (χ0) is 10.3. The SMILES string of the molecule is Nc1cn(-c2ccccc2)nc1C1CC1. The summed E-state index contributed by atoms with van der Waals surface area (Å²) in [5.74, 6) is 0.606. The van der Waals surface area contributed by atoms with Gasteiger partial charge in [0.15, 0.2) is 0 Å². The average Bonchev–Trinajstić information content (AvgIpc) is 3.04. The highest BCUT2D eigenvalue weighted by Crippen LogP contribution is 2.41. The highest BCUT2D eigenvalue weighted by atomic mass is 15.3. The highest BCUT2D eigenvalue weighted by Gasteiger charge is 2.28. The van der Waals surface area contributed by atoms with Gasteiger partial charge in [0.25, 0.3) is 0 Å². The number of nitrogens with two attached hydrogens (primary N) is 1. The number of anilines is 1. The topological polar surface area (TPSA) is 43.8 Å². The minimum absolute atomic E-state index is 0.606. The van der Waals surface area contributed by atoms with Crippen LogP contribution >= 0.6 is 0 Å². The van der Waals surface area contributed by atoms with Crippen LogP contribution in [0.5, 0.6) is 0 Å². The van der Waals surface area contributed by atoms with Gasteiger partial charge in [-0.05, 0) is 25.0 Å². The first-order chi connectivity index (χ1) is 7.34. The van der Waals surface area contributed by atoms with Gasteiger partial charge in [0.05, 0.1) is 23.3 Å². The van der Waals surface area contributed by atoms with Crippen LogP contribution in [-0.4, -0.2) is 9.78 Å². The van der Waals surface area contributed by atoms with Crippen LogP contribution in [0.15, 0.2) is 36.5 Å². The molecule has 76 valence electrons. The van der Waals surface area contributed by atoms with Crippen LogP contribution in [0.1, 0.15) is 24.5 Å². The van der Waals surface area contributed by atoms with Gasteiger partial charge in [-0.25, -0.2) is 4.68 Å². The number of para-hydroxylation sites is 1. The Morgan fingerprint density at radius 2 is 1.93 bits per heavy atom. The molecular formula is C12H13N3. The number of nitrogens with zero attached hydrogens (tertiary/aromatic N) is 2. The van der Waals surface area contributed by atoms with E-state index in [9.17, 15) is 0 Å². The number of rotatable bonds is 2. The third-order valence-corrected chi connectivity index (χ3v) is 2.76. The lowest BCUT2D eigenvalue weighted by Crippen LogP contribution is -1.94. The molecule has 15 heavy (non-hydrogen) atoms. The Labute approximate surface area is 88.5 Å². The van der Waals surface area contributed by atoms with Crippen molar-refractivity contribution in [2.75, 3.05) is 5.73 Å². The summed E-state index contributed by atoms with van der Waals surface area (Å²) in [5.41, 5.74) is 8.89. The average molecular weight is 199 g/mol. The molecule has 0 bridgehead atoms. The fourth-order valence-corrected chi connectivity index (χ4v) is 1.79. The summed E-state index contributed by atoms with van der Waals surface area (Å²) in [4.78, 5) is 0. The number of nitrogen functional groups attached to an aromatic ring is 1. The van der Waals surface area contributed by atoms with E-state index in [0.717, 1.165) is 17.1 Å². The van der Waals surface area contributed by atoms with E-state index in [1.54, 1.807) is 0 Å². The van der Waals surface area contributed by atoms with Gasteiger partial charge in [0, 0.05) is 5.92 Å². The fraction of sp³-hybridized carbons (Fsp3) is 0.250. The summed E-state index contributed by atoms with van der Waals surface area (Å²) in [6.07, 6.45) is 4.37. The Balaban J connectivity index is 2.02. The molecule has 3 nitrogen and oxygen atoms in total. The van der Waals surface area contributed by atoms with Crippen LogP contribution in [0.3, 0.4) is 0 Å². The molecular weight excluding hydrogens is 186 g/mol. The highest BCUT2D eigenvalue weighted by molar-refractivity contribution is 5.47. The lowest BCUT2D eigenvalue weighted by Gasteiger charge is -1.98. The van der Waals surface area contributed by atoms with Crippen molar-refractivity contribution in [3.8, 4) is 5.69 Å². The molecule has 0 spiro atoms. The van der Waals surface area contributed by atoms with E-state index >= 15 is 0 Å². The molecule has 0 aliphatic heterocycles. The predicted molar refractivity (Wildman–Crippen MR) is 60.0 cm³/mol. The molecule has 0 radical (unpaired) electrons. The van der Waals surface area contributed by atoms with E-state index in [2.05, 4.69) is 5.10 Å². The second-order valence-corrected chi connectivity index (χ2v) is 4.02. The molecule has 3 heteroatoms. The normalized spacial score (nSPS) is 15.5. The molecule has 1 fully saturated rings. The van der Waals surface area contributed by atoms with Gasteiger partial charge in [0.1, 0.15) is 0 Å². The van der Waals surface area contributed by atoms with Crippen molar-refractivity contribution in [3.63, 3.8) is 0 Å². The maximum Gasteiger partial charge on any atom is 0.0889 e. The quantitative estimate of drug-likeness (QED) is 0.806. The van der Waals surface area contributed by atoms with Crippen LogP contribution < -0.4 is 5.73 Å².